The van der Waals surface area contributed by atoms with Gasteiger partial charge in [0, 0.05) is 23.0 Å². The summed E-state index contributed by atoms with van der Waals surface area (Å²) in [5, 5.41) is 1.14. The van der Waals surface area contributed by atoms with E-state index in [0.29, 0.717) is 13.0 Å². The molecule has 3 aromatic rings. The van der Waals surface area contributed by atoms with Crippen LogP contribution in [0.1, 0.15) is 36.2 Å². The molecule has 5 nitrogen and oxygen atoms in total. The van der Waals surface area contributed by atoms with Crippen molar-refractivity contribution in [3.8, 4) is 0 Å². The molecule has 0 unspecified atom stereocenters. The molecule has 2 aromatic carbocycles. The number of nitrogens with one attached hydrogen (secondary N) is 1. The number of hydrogen-bond acceptors (Lipinski definition) is 2. The first-order chi connectivity index (χ1) is 13.4. The van der Waals surface area contributed by atoms with Crippen molar-refractivity contribution in [3.05, 3.63) is 70.9 Å². The maximum Gasteiger partial charge on any atom is 0.328 e. The predicted molar refractivity (Wildman–Crippen MR) is 108 cm³/mol. The van der Waals surface area contributed by atoms with Crippen molar-refractivity contribution >= 4 is 22.8 Å². The smallest absolute Gasteiger partial charge is 0.328 e. The lowest BCUT2D eigenvalue weighted by atomic mass is 9.85. The minimum Gasteiger partial charge on any atom is -0.356 e. The van der Waals surface area contributed by atoms with Crippen molar-refractivity contribution in [3.63, 3.8) is 0 Å². The average molecular weight is 373 g/mol. The van der Waals surface area contributed by atoms with Gasteiger partial charge in [-0.2, -0.15) is 0 Å². The number of H-pyrrole nitrogens is 1. The van der Waals surface area contributed by atoms with Crippen LogP contribution < -0.4 is 0 Å². The fraction of sp³-hybridized carbons (Fsp3) is 0.304. The average Bonchev–Trinajstić information content (AvgIpc) is 3.15. The van der Waals surface area contributed by atoms with Crippen LogP contribution in [0.15, 0.2) is 48.5 Å². The Labute approximate surface area is 163 Å². The van der Waals surface area contributed by atoms with Gasteiger partial charge in [-0.1, -0.05) is 48.0 Å². The van der Waals surface area contributed by atoms with Crippen LogP contribution in [-0.2, 0) is 23.3 Å². The van der Waals surface area contributed by atoms with Gasteiger partial charge < -0.3 is 9.88 Å². The van der Waals surface area contributed by atoms with Crippen molar-refractivity contribution in [1.82, 2.24) is 14.8 Å². The lowest BCUT2D eigenvalue weighted by Crippen LogP contribution is -2.52. The summed E-state index contributed by atoms with van der Waals surface area (Å²) in [6.45, 7) is 6.38. The van der Waals surface area contributed by atoms with Crippen LogP contribution in [0.25, 0.3) is 10.9 Å². The summed E-state index contributed by atoms with van der Waals surface area (Å²) in [6, 6.07) is 15.5. The second-order valence-electron chi connectivity index (χ2n) is 8.37. The van der Waals surface area contributed by atoms with E-state index >= 15 is 0 Å². The Morgan fingerprint density at radius 3 is 2.68 bits per heavy atom. The number of rotatable bonds is 2. The second-order valence-corrected chi connectivity index (χ2v) is 8.37. The Kier molecular flexibility index (Phi) is 3.48. The Bertz CT molecular complexity index is 1130. The SMILES string of the molecule is Cc1cccc(CN2C(=O)[C@H]3Cc4c([nH]c5ccccc45)C(C)(C)N3C2=O)c1. The van der Waals surface area contributed by atoms with Gasteiger partial charge in [0.1, 0.15) is 6.04 Å². The largest absolute Gasteiger partial charge is 0.356 e. The Hall–Kier alpha value is -3.08. The van der Waals surface area contributed by atoms with E-state index in [1.807, 2.05) is 63.2 Å². The summed E-state index contributed by atoms with van der Waals surface area (Å²) in [7, 11) is 0. The molecule has 2 aliphatic heterocycles. The first kappa shape index (κ1) is 17.0. The van der Waals surface area contributed by atoms with E-state index in [0.717, 1.165) is 33.3 Å². The maximum absolute atomic E-state index is 13.3. The van der Waals surface area contributed by atoms with Crippen molar-refractivity contribution in [1.29, 1.82) is 0 Å². The molecule has 1 atom stereocenters. The molecule has 5 heteroatoms. The molecule has 0 radical (unpaired) electrons. The highest BCUT2D eigenvalue weighted by atomic mass is 16.2. The molecule has 142 valence electrons. The molecule has 28 heavy (non-hydrogen) atoms. The normalized spacial score (nSPS) is 20.6. The number of aromatic amines is 1. The third-order valence-corrected chi connectivity index (χ3v) is 6.15. The lowest BCUT2D eigenvalue weighted by Gasteiger charge is -2.42. The van der Waals surface area contributed by atoms with Crippen molar-refractivity contribution < 1.29 is 9.59 Å². The molecule has 0 aliphatic carbocycles. The zero-order valence-electron chi connectivity index (χ0n) is 16.3. The number of aryl methyl sites for hydroxylation is 1. The van der Waals surface area contributed by atoms with Crippen LogP contribution in [-0.4, -0.2) is 32.8 Å². The topological polar surface area (TPSA) is 56.4 Å². The van der Waals surface area contributed by atoms with Crippen molar-refractivity contribution in [2.45, 2.75) is 45.3 Å². The van der Waals surface area contributed by atoms with Gasteiger partial charge in [0.2, 0.25) is 0 Å². The van der Waals surface area contributed by atoms with Crippen LogP contribution in [0.2, 0.25) is 0 Å². The van der Waals surface area contributed by atoms with Crippen LogP contribution in [0.5, 0.6) is 0 Å². The summed E-state index contributed by atoms with van der Waals surface area (Å²) in [5.74, 6) is -0.101. The van der Waals surface area contributed by atoms with Gasteiger partial charge in [-0.25, -0.2) is 4.79 Å². The van der Waals surface area contributed by atoms with Crippen LogP contribution in [0.4, 0.5) is 4.79 Å². The number of hydrogen-bond donors (Lipinski definition) is 1. The maximum atomic E-state index is 13.3. The Morgan fingerprint density at radius 2 is 1.89 bits per heavy atom. The summed E-state index contributed by atoms with van der Waals surface area (Å²) in [6.07, 6.45) is 0.553. The molecule has 3 heterocycles. The van der Waals surface area contributed by atoms with Gasteiger partial charge in [-0.15, -0.1) is 0 Å². The quantitative estimate of drug-likeness (QED) is 0.688. The summed E-state index contributed by atoms with van der Waals surface area (Å²) in [4.78, 5) is 33.2. The second kappa shape index (κ2) is 5.71. The van der Waals surface area contributed by atoms with Gasteiger partial charge in [0.05, 0.1) is 12.1 Å². The molecule has 1 N–H and O–H groups in total. The zero-order valence-corrected chi connectivity index (χ0v) is 16.3. The van der Waals surface area contributed by atoms with E-state index in [1.165, 1.54) is 4.90 Å². The molecule has 1 fully saturated rings. The standard InChI is InChI=1S/C23H23N3O2/c1-14-7-6-8-15(11-14)13-25-21(27)19-12-17-16-9-4-5-10-18(16)24-20(17)23(2,3)26(19)22(25)28/h4-11,19,24H,12-13H2,1-3H3/t19-/m1/s1. The third-order valence-electron chi connectivity index (χ3n) is 6.15. The molecular formula is C23H23N3O2. The number of imide groups is 1. The van der Waals surface area contributed by atoms with Gasteiger partial charge in [0.25, 0.3) is 5.91 Å². The first-order valence-electron chi connectivity index (χ1n) is 9.68. The van der Waals surface area contributed by atoms with Crippen LogP contribution >= 0.6 is 0 Å². The number of urea groups is 1. The fourth-order valence-electron chi connectivity index (χ4n) is 4.84. The molecule has 1 saturated heterocycles. The minimum absolute atomic E-state index is 0.101. The number of carbonyl (C=O) groups excluding carboxylic acids is 2. The number of benzene rings is 2. The number of aromatic nitrogens is 1. The number of nitrogens with zero attached hydrogens (tertiary/aromatic N) is 2. The molecule has 2 aliphatic rings. The number of carbonyl (C=O) groups is 2. The predicted octanol–water partition coefficient (Wildman–Crippen LogP) is 4.10. The molecule has 5 rings (SSSR count). The zero-order chi connectivity index (χ0) is 19.6. The molecule has 0 saturated carbocycles. The third kappa shape index (κ3) is 2.25. The highest BCUT2D eigenvalue weighted by molar-refractivity contribution is 6.05. The number of fused-ring (bicyclic) bond motifs is 4. The van der Waals surface area contributed by atoms with Gasteiger partial charge in [-0.05, 0) is 38.0 Å². The molecule has 0 spiro atoms. The Morgan fingerprint density at radius 1 is 1.11 bits per heavy atom. The Balaban J connectivity index is 1.56. The lowest BCUT2D eigenvalue weighted by molar-refractivity contribution is -0.129. The fourth-order valence-corrected chi connectivity index (χ4v) is 4.84. The van der Waals surface area contributed by atoms with E-state index in [4.69, 9.17) is 0 Å². The highest BCUT2D eigenvalue weighted by Gasteiger charge is 2.55. The molecular weight excluding hydrogens is 350 g/mol. The summed E-state index contributed by atoms with van der Waals surface area (Å²) < 4.78 is 0. The van der Waals surface area contributed by atoms with E-state index in [1.54, 1.807) is 4.90 Å². The van der Waals surface area contributed by atoms with Crippen molar-refractivity contribution in [2.24, 2.45) is 0 Å². The number of para-hydroxylation sites is 1. The monoisotopic (exact) mass is 373 g/mol. The highest BCUT2D eigenvalue weighted by Crippen LogP contribution is 2.44. The van der Waals surface area contributed by atoms with Crippen LogP contribution in [0, 0.1) is 6.92 Å². The van der Waals surface area contributed by atoms with Gasteiger partial charge in [0.15, 0.2) is 0 Å². The van der Waals surface area contributed by atoms with E-state index in [9.17, 15) is 9.59 Å². The molecule has 0 bridgehead atoms. The molecule has 1 aromatic heterocycles. The minimum atomic E-state index is -0.578. The number of amides is 3. The summed E-state index contributed by atoms with van der Waals surface area (Å²) in [5.41, 5.74) is 4.76. The van der Waals surface area contributed by atoms with Crippen LogP contribution in [0.3, 0.4) is 0 Å². The van der Waals surface area contributed by atoms with Crippen molar-refractivity contribution in [2.75, 3.05) is 0 Å². The van der Waals surface area contributed by atoms with Gasteiger partial charge in [-0.3, -0.25) is 9.69 Å². The van der Waals surface area contributed by atoms with Gasteiger partial charge >= 0.3 is 6.03 Å². The van der Waals surface area contributed by atoms with E-state index in [2.05, 4.69) is 11.1 Å². The van der Waals surface area contributed by atoms with E-state index in [-0.39, 0.29) is 11.9 Å². The summed E-state index contributed by atoms with van der Waals surface area (Å²) >= 11 is 0. The first-order valence-corrected chi connectivity index (χ1v) is 9.68. The molecule has 3 amide bonds. The van der Waals surface area contributed by atoms with E-state index < -0.39 is 11.6 Å².